The molecule has 3 atom stereocenters. The summed E-state index contributed by atoms with van der Waals surface area (Å²) >= 11 is 0. The van der Waals surface area contributed by atoms with Gasteiger partial charge < -0.3 is 60.8 Å². The number of carbonyl (C=O) groups is 8. The van der Waals surface area contributed by atoms with Crippen LogP contribution in [0.1, 0.15) is 89.1 Å². The van der Waals surface area contributed by atoms with E-state index < -0.39 is 82.5 Å². The summed E-state index contributed by atoms with van der Waals surface area (Å²) < 4.78 is 27.7. The van der Waals surface area contributed by atoms with Crippen LogP contribution in [0.4, 0.5) is 20.6 Å². The van der Waals surface area contributed by atoms with Gasteiger partial charge in [-0.15, -0.1) is 0 Å². The Morgan fingerprint density at radius 2 is 1.49 bits per heavy atom. The quantitative estimate of drug-likeness (QED) is 0.0705. The van der Waals surface area contributed by atoms with Gasteiger partial charge in [0.05, 0.1) is 17.8 Å². The van der Waals surface area contributed by atoms with Gasteiger partial charge in [0.1, 0.15) is 36.1 Å². The molecule has 2 aromatic carbocycles. The Morgan fingerprint density at radius 3 is 2.08 bits per heavy atom. The van der Waals surface area contributed by atoms with Crippen LogP contribution in [0.3, 0.4) is 0 Å². The number of aromatic nitrogens is 1. The van der Waals surface area contributed by atoms with Crippen molar-refractivity contribution in [1.29, 1.82) is 0 Å². The lowest BCUT2D eigenvalue weighted by Crippen LogP contribution is -2.58. The fourth-order valence-electron chi connectivity index (χ4n) is 7.57. The zero-order valence-electron chi connectivity index (χ0n) is 41.5. The average Bonchev–Trinajstić information content (AvgIpc) is 3.33. The maximum atomic E-state index is 15.4. The molecule has 3 aromatic rings. The number of aryl methyl sites for hydroxylation is 1. The van der Waals surface area contributed by atoms with E-state index in [0.29, 0.717) is 23.3 Å². The number of piperazine rings is 1. The summed E-state index contributed by atoms with van der Waals surface area (Å²) in [5.74, 6) is -5.76. The molecule has 0 aliphatic carbocycles. The fourth-order valence-corrected chi connectivity index (χ4v) is 7.57. The van der Waals surface area contributed by atoms with E-state index in [2.05, 4.69) is 21.3 Å². The van der Waals surface area contributed by atoms with Gasteiger partial charge in [-0.1, -0.05) is 39.8 Å². The highest BCUT2D eigenvalue weighted by atomic mass is 19.1. The third-order valence-electron chi connectivity index (χ3n) is 11.7. The Labute approximate surface area is 411 Å². The summed E-state index contributed by atoms with van der Waals surface area (Å²) in [6.07, 6.45) is 0.657. The summed E-state index contributed by atoms with van der Waals surface area (Å²) in [6, 6.07) is 5.52. The van der Waals surface area contributed by atoms with Crippen molar-refractivity contribution in [3.63, 3.8) is 0 Å². The Balaban J connectivity index is 1.32. The molecule has 21 nitrogen and oxygen atoms in total. The number of hydrogen-bond donors (Lipinski definition) is 6. The van der Waals surface area contributed by atoms with Crippen LogP contribution in [0, 0.1) is 17.7 Å². The first-order chi connectivity index (χ1) is 33.6. The first-order valence-corrected chi connectivity index (χ1v) is 23.8. The van der Waals surface area contributed by atoms with Crippen molar-refractivity contribution in [2.24, 2.45) is 17.6 Å². The van der Waals surface area contributed by atoms with Crippen molar-refractivity contribution in [2.75, 3.05) is 63.6 Å². The van der Waals surface area contributed by atoms with Gasteiger partial charge in [0.25, 0.3) is 0 Å². The molecule has 4 rings (SSSR count). The van der Waals surface area contributed by atoms with Crippen molar-refractivity contribution in [3.8, 4) is 0 Å². The maximum Gasteiger partial charge on any atom is 0.410 e. The average molecular weight is 994 g/mol. The SMILES string of the molecule is CCn1cc(C(=O)O)c(=O)c2cc(F)c(N3CCN(C(=O)OCc4ccc(NC(=O)[C@H](CCN)NC(=O)[C@@H](NC(=O)[C@H](CCC(=O)OCC(C)C)NC(=O)CCCC(=O)N(C)C)C(C)C)cc4)CC3)cc21. The molecule has 0 radical (unpaired) electrons. The largest absolute Gasteiger partial charge is 0.477 e. The fraction of sp³-hybridized carbons (Fsp3) is 0.531. The molecule has 71 heavy (non-hydrogen) atoms. The Kier molecular flexibility index (Phi) is 21.3. The van der Waals surface area contributed by atoms with Crippen LogP contribution >= 0.6 is 0 Å². The lowest BCUT2D eigenvalue weighted by atomic mass is 10.0. The van der Waals surface area contributed by atoms with E-state index in [1.54, 1.807) is 68.6 Å². The number of ether oxygens (including phenoxy) is 2. The molecule has 1 aliphatic rings. The van der Waals surface area contributed by atoms with Gasteiger partial charge in [-0.05, 0) is 74.4 Å². The second-order valence-corrected chi connectivity index (χ2v) is 18.2. The molecule has 0 bridgehead atoms. The molecule has 7 N–H and O–H groups in total. The normalized spacial score (nSPS) is 13.8. The second-order valence-electron chi connectivity index (χ2n) is 18.2. The number of anilines is 2. The molecule has 22 heteroatoms. The molecule has 1 saturated heterocycles. The minimum absolute atomic E-state index is 0.0249. The molecular formula is C49H68FN9O12. The van der Waals surface area contributed by atoms with Crippen LogP contribution in [-0.4, -0.2) is 139 Å². The van der Waals surface area contributed by atoms with Crippen LogP contribution in [0.5, 0.6) is 0 Å². The highest BCUT2D eigenvalue weighted by Gasteiger charge is 2.32. The Bertz CT molecular complexity index is 2450. The zero-order valence-corrected chi connectivity index (χ0v) is 41.5. The summed E-state index contributed by atoms with van der Waals surface area (Å²) in [4.78, 5) is 120. The Hall–Kier alpha value is -7.10. The van der Waals surface area contributed by atoms with E-state index in [1.807, 2.05) is 13.8 Å². The van der Waals surface area contributed by atoms with Gasteiger partial charge >= 0.3 is 18.0 Å². The van der Waals surface area contributed by atoms with Crippen molar-refractivity contribution in [1.82, 2.24) is 30.3 Å². The van der Waals surface area contributed by atoms with Gasteiger partial charge in [0.15, 0.2) is 0 Å². The predicted molar refractivity (Wildman–Crippen MR) is 262 cm³/mol. The number of benzene rings is 2. The molecule has 0 unspecified atom stereocenters. The lowest BCUT2D eigenvalue weighted by molar-refractivity contribution is -0.145. The molecule has 2 heterocycles. The third kappa shape index (κ3) is 16.5. The monoisotopic (exact) mass is 993 g/mol. The van der Waals surface area contributed by atoms with E-state index in [0.717, 1.165) is 6.07 Å². The number of nitrogens with two attached hydrogens (primary N) is 1. The molecular weight excluding hydrogens is 926 g/mol. The molecule has 1 aliphatic heterocycles. The first-order valence-electron chi connectivity index (χ1n) is 23.8. The van der Waals surface area contributed by atoms with Crippen molar-refractivity contribution >= 4 is 69.8 Å². The number of pyridine rings is 1. The number of carboxylic acid groups (broad SMARTS) is 1. The first kappa shape index (κ1) is 56.5. The minimum atomic E-state index is -1.40. The smallest absolute Gasteiger partial charge is 0.410 e. The van der Waals surface area contributed by atoms with E-state index in [1.165, 1.54) is 22.1 Å². The number of nitrogens with one attached hydrogen (secondary N) is 4. The maximum absolute atomic E-state index is 15.4. The number of esters is 1. The molecule has 0 spiro atoms. The van der Waals surface area contributed by atoms with E-state index in [9.17, 15) is 48.3 Å². The third-order valence-corrected chi connectivity index (χ3v) is 11.7. The van der Waals surface area contributed by atoms with Crippen LogP contribution in [0.15, 0.2) is 47.4 Å². The number of fused-ring (bicyclic) bond motifs is 1. The Morgan fingerprint density at radius 1 is 0.831 bits per heavy atom. The molecule has 388 valence electrons. The van der Waals surface area contributed by atoms with Gasteiger partial charge in [-0.3, -0.25) is 33.6 Å². The second kappa shape index (κ2) is 26.8. The van der Waals surface area contributed by atoms with Crippen molar-refractivity contribution in [2.45, 2.75) is 104 Å². The van der Waals surface area contributed by atoms with Gasteiger partial charge in [0.2, 0.25) is 35.0 Å². The van der Waals surface area contributed by atoms with Gasteiger partial charge in [-0.2, -0.15) is 0 Å². The molecule has 6 amide bonds. The number of nitrogens with zero attached hydrogens (tertiary/aromatic N) is 4. The predicted octanol–water partition coefficient (Wildman–Crippen LogP) is 2.95. The highest BCUT2D eigenvalue weighted by molar-refractivity contribution is 5.99. The number of rotatable bonds is 24. The number of carbonyl (C=O) groups excluding carboxylic acids is 7. The van der Waals surface area contributed by atoms with Gasteiger partial charge in [-0.25, -0.2) is 14.0 Å². The molecule has 1 fully saturated rings. The lowest BCUT2D eigenvalue weighted by Gasteiger charge is -2.35. The number of hydrogen-bond acceptors (Lipinski definition) is 13. The minimum Gasteiger partial charge on any atom is -0.477 e. The summed E-state index contributed by atoms with van der Waals surface area (Å²) in [7, 11) is 3.20. The summed E-state index contributed by atoms with van der Waals surface area (Å²) in [6.45, 7) is 10.3. The molecule has 0 saturated carbocycles. The van der Waals surface area contributed by atoms with E-state index in [-0.39, 0.29) is 107 Å². The van der Waals surface area contributed by atoms with Crippen LogP contribution in [0.2, 0.25) is 0 Å². The number of carboxylic acids is 1. The van der Waals surface area contributed by atoms with Crippen molar-refractivity contribution in [3.05, 3.63) is 69.8 Å². The number of aromatic carboxylic acids is 1. The zero-order chi connectivity index (χ0) is 52.5. The van der Waals surface area contributed by atoms with E-state index in [4.69, 9.17) is 15.2 Å². The van der Waals surface area contributed by atoms with Crippen LogP contribution in [0.25, 0.3) is 10.9 Å². The van der Waals surface area contributed by atoms with E-state index >= 15 is 4.39 Å². The topological polar surface area (TPSA) is 281 Å². The van der Waals surface area contributed by atoms with Crippen LogP contribution in [-0.2, 0) is 51.4 Å². The van der Waals surface area contributed by atoms with Crippen LogP contribution < -0.4 is 37.3 Å². The molecule has 1 aromatic heterocycles. The van der Waals surface area contributed by atoms with Gasteiger partial charge in [0, 0.05) is 83.4 Å². The number of amides is 6. The summed E-state index contributed by atoms with van der Waals surface area (Å²) in [5.41, 5.74) is 6.18. The summed E-state index contributed by atoms with van der Waals surface area (Å²) in [5, 5.41) is 20.1. The van der Waals surface area contributed by atoms with Crippen molar-refractivity contribution < 1.29 is 57.3 Å². The highest BCUT2D eigenvalue weighted by Crippen LogP contribution is 2.27. The standard InChI is InChI=1S/C49H68FN9O12/c1-8-57-26-34(48(67)68)44(63)33-24-35(50)39(25-38(33)57)58-20-22-59(23-21-58)49(69)71-28-31-12-14-32(15-13-31)52-45(64)37(18-19-51)54-47(66)43(30(4)5)55-46(65)36(16-17-42(62)70-27-29(2)3)53-40(60)10-9-11-41(61)56(6)7/h12-15,24-26,29-30,36-37,43H,8-11,16-23,27-28,51H2,1-7H3,(H,52,64)(H,53,60)(H,54,66)(H,55,65)(H,67,68)/t36-,37-,43-/m0/s1. The number of halogens is 1.